The van der Waals surface area contributed by atoms with E-state index in [-0.39, 0.29) is 11.6 Å². The lowest BCUT2D eigenvalue weighted by Gasteiger charge is -2.16. The van der Waals surface area contributed by atoms with Crippen molar-refractivity contribution < 1.29 is 9.50 Å². The van der Waals surface area contributed by atoms with Crippen molar-refractivity contribution in [2.45, 2.75) is 39.8 Å². The van der Waals surface area contributed by atoms with Crippen molar-refractivity contribution in [3.8, 4) is 5.75 Å². The van der Waals surface area contributed by atoms with E-state index in [0.717, 1.165) is 6.42 Å². The average Bonchev–Trinajstić information content (AvgIpc) is 2.18. The molecular weight excluding hydrogens is 205 g/mol. The van der Waals surface area contributed by atoms with Crippen molar-refractivity contribution >= 4 is 0 Å². The molecule has 2 N–H and O–H groups in total. The van der Waals surface area contributed by atoms with Gasteiger partial charge in [-0.1, -0.05) is 13.8 Å². The largest absolute Gasteiger partial charge is 0.508 e. The Kier molecular flexibility index (Phi) is 4.74. The molecule has 1 unspecified atom stereocenters. The van der Waals surface area contributed by atoms with Gasteiger partial charge in [-0.3, -0.25) is 0 Å². The fourth-order valence-corrected chi connectivity index (χ4v) is 1.77. The molecule has 0 aromatic heterocycles. The Morgan fingerprint density at radius 1 is 1.31 bits per heavy atom. The first-order chi connectivity index (χ1) is 7.49. The monoisotopic (exact) mass is 225 g/mol. The quantitative estimate of drug-likeness (QED) is 0.807. The van der Waals surface area contributed by atoms with Crippen LogP contribution in [0.1, 0.15) is 32.8 Å². The molecule has 0 heterocycles. The minimum atomic E-state index is -0.314. The Balaban J connectivity index is 2.51. The first-order valence-electron chi connectivity index (χ1n) is 5.69. The third-order valence-corrected chi connectivity index (χ3v) is 2.51. The van der Waals surface area contributed by atoms with Crippen LogP contribution in [0.5, 0.6) is 5.75 Å². The highest BCUT2D eigenvalue weighted by Gasteiger charge is 2.07. The summed E-state index contributed by atoms with van der Waals surface area (Å²) in [5, 5.41) is 12.8. The maximum absolute atomic E-state index is 12.9. The van der Waals surface area contributed by atoms with Gasteiger partial charge in [0.05, 0.1) is 0 Å². The zero-order valence-corrected chi connectivity index (χ0v) is 10.1. The predicted octanol–water partition coefficient (Wildman–Crippen LogP) is 3.06. The standard InChI is InChI=1S/C13H20FNO/c1-9(2)6-10(3)15-8-11-7-12(14)4-5-13(11)16/h4-5,7,9-10,15-16H,6,8H2,1-3H3. The normalized spacial score (nSPS) is 13.1. The van der Waals surface area contributed by atoms with Gasteiger partial charge in [0.1, 0.15) is 11.6 Å². The number of phenols is 1. The Morgan fingerprint density at radius 3 is 2.62 bits per heavy atom. The third kappa shape index (κ3) is 4.19. The van der Waals surface area contributed by atoms with Crippen molar-refractivity contribution in [2.24, 2.45) is 5.92 Å². The van der Waals surface area contributed by atoms with Gasteiger partial charge in [0, 0.05) is 18.2 Å². The molecule has 0 radical (unpaired) electrons. The molecule has 0 saturated carbocycles. The summed E-state index contributed by atoms with van der Waals surface area (Å²) in [6, 6.07) is 4.38. The molecule has 0 saturated heterocycles. The molecule has 1 aromatic rings. The number of phenolic OH excluding ortho intramolecular Hbond substituents is 1. The Labute approximate surface area is 96.5 Å². The Morgan fingerprint density at radius 2 is 2.00 bits per heavy atom. The highest BCUT2D eigenvalue weighted by atomic mass is 19.1. The molecule has 0 aliphatic heterocycles. The molecule has 2 nitrogen and oxygen atoms in total. The van der Waals surface area contributed by atoms with Gasteiger partial charge < -0.3 is 10.4 Å². The molecule has 1 rings (SSSR count). The van der Waals surface area contributed by atoms with Crippen molar-refractivity contribution in [1.29, 1.82) is 0 Å². The van der Waals surface area contributed by atoms with E-state index in [1.165, 1.54) is 18.2 Å². The molecule has 3 heteroatoms. The van der Waals surface area contributed by atoms with Gasteiger partial charge in [-0.05, 0) is 37.5 Å². The van der Waals surface area contributed by atoms with Gasteiger partial charge in [0.25, 0.3) is 0 Å². The van der Waals surface area contributed by atoms with Crippen molar-refractivity contribution in [2.75, 3.05) is 0 Å². The second-order valence-corrected chi connectivity index (χ2v) is 4.68. The molecule has 0 aliphatic rings. The fourth-order valence-electron chi connectivity index (χ4n) is 1.77. The predicted molar refractivity (Wildman–Crippen MR) is 63.8 cm³/mol. The molecule has 16 heavy (non-hydrogen) atoms. The smallest absolute Gasteiger partial charge is 0.123 e. The van der Waals surface area contributed by atoms with Gasteiger partial charge in [0.15, 0.2) is 0 Å². The molecule has 1 atom stereocenters. The van der Waals surface area contributed by atoms with Gasteiger partial charge in [-0.25, -0.2) is 4.39 Å². The number of rotatable bonds is 5. The number of halogens is 1. The van der Waals surface area contributed by atoms with Crippen LogP contribution in [0.15, 0.2) is 18.2 Å². The topological polar surface area (TPSA) is 32.3 Å². The van der Waals surface area contributed by atoms with E-state index in [0.29, 0.717) is 24.1 Å². The van der Waals surface area contributed by atoms with Gasteiger partial charge >= 0.3 is 0 Å². The summed E-state index contributed by atoms with van der Waals surface area (Å²) in [7, 11) is 0. The second kappa shape index (κ2) is 5.85. The SMILES string of the molecule is CC(C)CC(C)NCc1cc(F)ccc1O. The zero-order chi connectivity index (χ0) is 12.1. The molecule has 0 spiro atoms. The van der Waals surface area contributed by atoms with E-state index in [4.69, 9.17) is 0 Å². The summed E-state index contributed by atoms with van der Waals surface area (Å²) in [6.07, 6.45) is 1.07. The van der Waals surface area contributed by atoms with Crippen LogP contribution in [-0.2, 0) is 6.54 Å². The molecular formula is C13H20FNO. The van der Waals surface area contributed by atoms with Crippen molar-refractivity contribution in [3.05, 3.63) is 29.6 Å². The van der Waals surface area contributed by atoms with Crippen LogP contribution in [0.3, 0.4) is 0 Å². The molecule has 90 valence electrons. The minimum absolute atomic E-state index is 0.144. The van der Waals surface area contributed by atoms with Crippen LogP contribution in [-0.4, -0.2) is 11.1 Å². The molecule has 0 fully saturated rings. The number of benzene rings is 1. The molecule has 0 bridgehead atoms. The van der Waals surface area contributed by atoms with Crippen LogP contribution in [0.25, 0.3) is 0 Å². The summed E-state index contributed by atoms with van der Waals surface area (Å²) in [5.74, 6) is 0.459. The van der Waals surface area contributed by atoms with Crippen molar-refractivity contribution in [3.63, 3.8) is 0 Å². The van der Waals surface area contributed by atoms with Crippen LogP contribution in [0.2, 0.25) is 0 Å². The highest BCUT2D eigenvalue weighted by Crippen LogP contribution is 2.17. The minimum Gasteiger partial charge on any atom is -0.508 e. The summed E-state index contributed by atoms with van der Waals surface area (Å²) < 4.78 is 12.9. The first kappa shape index (κ1) is 13.0. The number of aromatic hydroxyl groups is 1. The molecule has 0 aliphatic carbocycles. The lowest BCUT2D eigenvalue weighted by atomic mass is 10.0. The van der Waals surface area contributed by atoms with E-state index in [1.54, 1.807) is 0 Å². The first-order valence-corrected chi connectivity index (χ1v) is 5.69. The Bertz CT molecular complexity index is 339. The number of nitrogens with one attached hydrogen (secondary N) is 1. The van der Waals surface area contributed by atoms with E-state index < -0.39 is 0 Å². The van der Waals surface area contributed by atoms with Crippen LogP contribution < -0.4 is 5.32 Å². The van der Waals surface area contributed by atoms with E-state index >= 15 is 0 Å². The van der Waals surface area contributed by atoms with Crippen molar-refractivity contribution in [1.82, 2.24) is 5.32 Å². The van der Waals surface area contributed by atoms with E-state index in [2.05, 4.69) is 26.1 Å². The van der Waals surface area contributed by atoms with Crippen LogP contribution >= 0.6 is 0 Å². The van der Waals surface area contributed by atoms with Gasteiger partial charge in [-0.2, -0.15) is 0 Å². The maximum atomic E-state index is 12.9. The summed E-state index contributed by atoms with van der Waals surface area (Å²) in [4.78, 5) is 0. The van der Waals surface area contributed by atoms with E-state index in [9.17, 15) is 9.50 Å². The fraction of sp³-hybridized carbons (Fsp3) is 0.538. The number of hydrogen-bond acceptors (Lipinski definition) is 2. The van der Waals surface area contributed by atoms with E-state index in [1.807, 2.05) is 0 Å². The summed E-state index contributed by atoms with van der Waals surface area (Å²) in [6.45, 7) is 6.92. The average molecular weight is 225 g/mol. The zero-order valence-electron chi connectivity index (χ0n) is 10.1. The second-order valence-electron chi connectivity index (χ2n) is 4.68. The molecule has 0 amide bonds. The number of hydrogen-bond donors (Lipinski definition) is 2. The van der Waals surface area contributed by atoms with Gasteiger partial charge in [-0.15, -0.1) is 0 Å². The lowest BCUT2D eigenvalue weighted by Crippen LogP contribution is -2.26. The molecule has 1 aromatic carbocycles. The van der Waals surface area contributed by atoms with Crippen LogP contribution in [0, 0.1) is 11.7 Å². The third-order valence-electron chi connectivity index (χ3n) is 2.51. The highest BCUT2D eigenvalue weighted by molar-refractivity contribution is 5.32. The Hall–Kier alpha value is -1.09. The lowest BCUT2D eigenvalue weighted by molar-refractivity contribution is 0.427. The maximum Gasteiger partial charge on any atom is 0.123 e. The summed E-state index contributed by atoms with van der Waals surface area (Å²) >= 11 is 0. The summed E-state index contributed by atoms with van der Waals surface area (Å²) in [5.41, 5.74) is 0.607. The van der Waals surface area contributed by atoms with Gasteiger partial charge in [0.2, 0.25) is 0 Å². The van der Waals surface area contributed by atoms with Crippen LogP contribution in [0.4, 0.5) is 4.39 Å².